The fourth-order valence-corrected chi connectivity index (χ4v) is 7.89. The molecule has 8 nitrogen and oxygen atoms in total. The van der Waals surface area contributed by atoms with E-state index < -0.39 is 0 Å². The molecule has 10 aromatic rings. The van der Waals surface area contributed by atoms with Gasteiger partial charge in [0.05, 0.1) is 5.52 Å². The molecule has 0 bridgehead atoms. The van der Waals surface area contributed by atoms with E-state index in [4.69, 9.17) is 29.4 Å². The van der Waals surface area contributed by atoms with Gasteiger partial charge in [-0.3, -0.25) is 0 Å². The second-order valence-corrected chi connectivity index (χ2v) is 14.3. The monoisotopic (exact) mass is 965 g/mol. The Morgan fingerprint density at radius 2 is 1.16 bits per heavy atom. The molecule has 0 saturated heterocycles. The van der Waals surface area contributed by atoms with Gasteiger partial charge in [0.2, 0.25) is 11.8 Å². The molecule has 10 heteroatoms. The van der Waals surface area contributed by atoms with Crippen molar-refractivity contribution in [3.63, 3.8) is 0 Å². The van der Waals surface area contributed by atoms with Gasteiger partial charge in [-0.25, -0.2) is 9.55 Å². The van der Waals surface area contributed by atoms with Crippen LogP contribution in [0.25, 0.3) is 62.1 Å². The molecule has 0 aliphatic carbocycles. The Labute approximate surface area is 367 Å². The summed E-state index contributed by atoms with van der Waals surface area (Å²) in [6, 6.07) is 65.0. The molecular formula is C51H31BN6O2Pt. The Hall–Kier alpha value is -7.48. The minimum Gasteiger partial charge on any atom is -0.497 e. The third-order valence-corrected chi connectivity index (χ3v) is 10.6. The summed E-state index contributed by atoms with van der Waals surface area (Å²) in [4.78, 5) is 24.7. The average molecular weight is 966 g/mol. The number of rotatable bonds is 8. The van der Waals surface area contributed by atoms with Gasteiger partial charge in [-0.05, 0) is 34.7 Å². The molecule has 61 heavy (non-hydrogen) atoms. The maximum absolute atomic E-state index is 7.23. The number of fused-ring (bicyclic) bond motifs is 4. The van der Waals surface area contributed by atoms with E-state index in [-0.39, 0.29) is 27.8 Å². The molecule has 0 unspecified atom stereocenters. The third kappa shape index (κ3) is 7.09. The SMILES string of the molecule is [Pt+2].[c-]1c(Oc2[c-]c(-c3nccc4c3Oc3c(c5ccccc5n3-c3nc(-c5ccccc5)nc(-c5ccccc5)n3)B4c3ccccc3)ccc2)cccc1-c1ccccn1. The van der Waals surface area contributed by atoms with Crippen molar-refractivity contribution < 1.29 is 30.5 Å². The fraction of sp³-hybridized carbons (Fsp3) is 0. The van der Waals surface area contributed by atoms with Crippen molar-refractivity contribution in [1.29, 1.82) is 0 Å². The third-order valence-electron chi connectivity index (χ3n) is 10.6. The molecule has 0 fully saturated rings. The second-order valence-electron chi connectivity index (χ2n) is 14.3. The fourth-order valence-electron chi connectivity index (χ4n) is 7.89. The van der Waals surface area contributed by atoms with E-state index in [1.54, 1.807) is 6.20 Å². The molecule has 0 atom stereocenters. The molecule has 11 rings (SSSR count). The van der Waals surface area contributed by atoms with Gasteiger partial charge in [0.15, 0.2) is 11.6 Å². The van der Waals surface area contributed by atoms with Crippen LogP contribution in [0.5, 0.6) is 23.1 Å². The van der Waals surface area contributed by atoms with Crippen LogP contribution in [-0.4, -0.2) is 36.2 Å². The van der Waals surface area contributed by atoms with Crippen LogP contribution in [0.1, 0.15) is 0 Å². The number of pyridine rings is 2. The van der Waals surface area contributed by atoms with E-state index in [0.717, 1.165) is 49.7 Å². The van der Waals surface area contributed by atoms with Crippen LogP contribution in [0.4, 0.5) is 0 Å². The number of aromatic nitrogens is 6. The van der Waals surface area contributed by atoms with E-state index in [1.807, 2.05) is 144 Å². The normalized spacial score (nSPS) is 11.6. The zero-order valence-electron chi connectivity index (χ0n) is 32.3. The van der Waals surface area contributed by atoms with E-state index in [9.17, 15) is 0 Å². The van der Waals surface area contributed by atoms with Crippen molar-refractivity contribution in [3.05, 3.63) is 200 Å². The van der Waals surface area contributed by atoms with Crippen molar-refractivity contribution in [2.45, 2.75) is 0 Å². The van der Waals surface area contributed by atoms with Gasteiger partial charge >= 0.3 is 21.1 Å². The topological polar surface area (TPSA) is 87.8 Å². The van der Waals surface area contributed by atoms with E-state index >= 15 is 0 Å². The van der Waals surface area contributed by atoms with Gasteiger partial charge in [0.1, 0.15) is 5.75 Å². The maximum atomic E-state index is 7.23. The summed E-state index contributed by atoms with van der Waals surface area (Å²) < 4.78 is 15.6. The number of para-hydroxylation sites is 1. The Morgan fingerprint density at radius 1 is 0.541 bits per heavy atom. The van der Waals surface area contributed by atoms with Gasteiger partial charge < -0.3 is 19.4 Å². The second kappa shape index (κ2) is 16.3. The van der Waals surface area contributed by atoms with E-state index in [2.05, 4.69) is 59.6 Å². The van der Waals surface area contributed by atoms with Crippen molar-refractivity contribution in [2.24, 2.45) is 0 Å². The summed E-state index contributed by atoms with van der Waals surface area (Å²) in [5.74, 6) is 3.82. The molecule has 5 heterocycles. The van der Waals surface area contributed by atoms with Gasteiger partial charge in [-0.1, -0.05) is 139 Å². The number of nitrogens with zero attached hydrogens (tertiary/aromatic N) is 6. The van der Waals surface area contributed by atoms with Crippen molar-refractivity contribution in [3.8, 4) is 74.4 Å². The number of hydrogen-bond donors (Lipinski definition) is 0. The van der Waals surface area contributed by atoms with E-state index in [0.29, 0.717) is 52.0 Å². The van der Waals surface area contributed by atoms with Crippen LogP contribution in [-0.2, 0) is 21.1 Å². The summed E-state index contributed by atoms with van der Waals surface area (Å²) >= 11 is 0. The average Bonchev–Trinajstić information content (AvgIpc) is 3.65. The smallest absolute Gasteiger partial charge is 0.497 e. The Kier molecular flexibility index (Phi) is 10.1. The zero-order valence-corrected chi connectivity index (χ0v) is 34.6. The minimum atomic E-state index is -0.217. The Balaban J connectivity index is 0.00000445. The standard InChI is InChI=1S/C51H31BN6O2.Pt/c1-4-16-34(17-5-1)48-55-49(35-18-6-2-7-19-35)57-51(56-48)58-44-28-11-10-26-41(44)45-50(58)60-47-42(52(45)38-22-8-3-9-23-38)29-31-54-46(47)37-21-15-25-40(33-37)59-39-24-14-20-36(32-39)43-27-12-13-30-53-43;/h1-31H;/q-2;+2. The summed E-state index contributed by atoms with van der Waals surface area (Å²) in [6.45, 7) is -0.217. The predicted octanol–water partition coefficient (Wildman–Crippen LogP) is 9.29. The summed E-state index contributed by atoms with van der Waals surface area (Å²) in [7, 11) is 0. The summed E-state index contributed by atoms with van der Waals surface area (Å²) in [6.07, 6.45) is 3.61. The van der Waals surface area contributed by atoms with Crippen LogP contribution >= 0.6 is 0 Å². The van der Waals surface area contributed by atoms with Crippen LogP contribution in [0.3, 0.4) is 0 Å². The van der Waals surface area contributed by atoms with E-state index in [1.165, 1.54) is 0 Å². The number of hydrogen-bond acceptors (Lipinski definition) is 7. The number of benzene rings is 6. The maximum Gasteiger partial charge on any atom is 2.00 e. The first-order valence-corrected chi connectivity index (χ1v) is 19.6. The summed E-state index contributed by atoms with van der Waals surface area (Å²) in [5, 5.41) is 1.03. The molecule has 1 aliphatic heterocycles. The zero-order chi connectivity index (χ0) is 39.8. The van der Waals surface area contributed by atoms with Crippen LogP contribution in [0.15, 0.2) is 188 Å². The molecule has 0 spiro atoms. The number of ether oxygens (including phenoxy) is 2. The predicted molar refractivity (Wildman–Crippen MR) is 236 cm³/mol. The van der Waals surface area contributed by atoms with Gasteiger partial charge in [-0.15, -0.1) is 47.5 Å². The Morgan fingerprint density at radius 3 is 1.85 bits per heavy atom. The molecule has 0 N–H and O–H groups in total. The molecular weight excluding hydrogens is 934 g/mol. The minimum absolute atomic E-state index is 0. The summed E-state index contributed by atoms with van der Waals surface area (Å²) in [5.41, 5.74) is 8.73. The first kappa shape index (κ1) is 37.8. The van der Waals surface area contributed by atoms with Crippen LogP contribution in [0, 0.1) is 12.1 Å². The molecule has 290 valence electrons. The molecule has 4 aromatic heterocycles. The van der Waals surface area contributed by atoms with Crippen LogP contribution in [0.2, 0.25) is 0 Å². The molecule has 0 radical (unpaired) electrons. The van der Waals surface area contributed by atoms with Crippen molar-refractivity contribution in [1.82, 2.24) is 29.5 Å². The molecule has 1 aliphatic rings. The van der Waals surface area contributed by atoms with Gasteiger partial charge in [0, 0.05) is 46.2 Å². The van der Waals surface area contributed by atoms with Crippen LogP contribution < -0.4 is 25.9 Å². The quantitative estimate of drug-likeness (QED) is 0.111. The first-order valence-electron chi connectivity index (χ1n) is 19.6. The van der Waals surface area contributed by atoms with Crippen molar-refractivity contribution in [2.75, 3.05) is 0 Å². The van der Waals surface area contributed by atoms with Gasteiger partial charge in [-0.2, -0.15) is 9.97 Å². The van der Waals surface area contributed by atoms with Gasteiger partial charge in [0.25, 0.3) is 6.71 Å². The molecule has 0 amide bonds. The molecule has 0 saturated carbocycles. The molecule has 6 aromatic carbocycles. The largest absolute Gasteiger partial charge is 2.00 e. The first-order chi connectivity index (χ1) is 29.7. The van der Waals surface area contributed by atoms with Crippen molar-refractivity contribution >= 4 is 34.0 Å². The Bertz CT molecular complexity index is 3110.